The van der Waals surface area contributed by atoms with Crippen LogP contribution in [0.4, 0.5) is 0 Å². The maximum atomic E-state index is 9.85. The highest BCUT2D eigenvalue weighted by Gasteiger charge is 2.32. The first-order valence-electron chi connectivity index (χ1n) is 5.13. The minimum atomic E-state index is -1.51. The molecule has 5 heteroatoms. The first kappa shape index (κ1) is 12.1. The second-order valence-corrected chi connectivity index (χ2v) is 4.85. The number of aliphatic hydroxyl groups is 1. The van der Waals surface area contributed by atoms with Crippen molar-refractivity contribution in [2.45, 2.75) is 51.7 Å². The lowest BCUT2D eigenvalue weighted by Crippen LogP contribution is -2.36. The zero-order chi connectivity index (χ0) is 11.7. The van der Waals surface area contributed by atoms with Gasteiger partial charge in [-0.2, -0.15) is 4.98 Å². The average molecular weight is 213 g/mol. The summed E-state index contributed by atoms with van der Waals surface area (Å²) in [6.07, 6.45) is 1.15. The van der Waals surface area contributed by atoms with E-state index >= 15 is 0 Å². The molecule has 0 spiro atoms. The normalized spacial score (nSPS) is 16.4. The molecule has 0 saturated carbocycles. The number of nitrogens with two attached hydrogens (primary N) is 1. The molecule has 0 aromatic carbocycles. The Kier molecular flexibility index (Phi) is 3.16. The minimum Gasteiger partial charge on any atom is -0.368 e. The van der Waals surface area contributed by atoms with Gasteiger partial charge in [-0.25, -0.2) is 0 Å². The zero-order valence-corrected chi connectivity index (χ0v) is 9.74. The van der Waals surface area contributed by atoms with Crippen molar-refractivity contribution in [3.05, 3.63) is 11.7 Å². The van der Waals surface area contributed by atoms with Crippen molar-refractivity contribution < 1.29 is 9.63 Å². The highest BCUT2D eigenvalue weighted by Crippen LogP contribution is 2.23. The molecular formula is C10H19N3O2. The molecule has 0 aliphatic rings. The summed E-state index contributed by atoms with van der Waals surface area (Å²) in [5, 5.41) is 13.7. The molecule has 86 valence electrons. The van der Waals surface area contributed by atoms with Gasteiger partial charge in [-0.3, -0.25) is 5.73 Å². The maximum absolute atomic E-state index is 9.85. The quantitative estimate of drug-likeness (QED) is 0.738. The summed E-state index contributed by atoms with van der Waals surface area (Å²) in [6, 6.07) is 0. The fraction of sp³-hybridized carbons (Fsp3) is 0.800. The Morgan fingerprint density at radius 2 is 2.00 bits per heavy atom. The summed E-state index contributed by atoms with van der Waals surface area (Å²) in [7, 11) is 0. The summed E-state index contributed by atoms with van der Waals surface area (Å²) < 4.78 is 4.97. The van der Waals surface area contributed by atoms with Gasteiger partial charge in [0.15, 0.2) is 11.5 Å². The third kappa shape index (κ3) is 2.76. The van der Waals surface area contributed by atoms with Crippen LogP contribution >= 0.6 is 0 Å². The lowest BCUT2D eigenvalue weighted by molar-refractivity contribution is 0.00137. The maximum Gasteiger partial charge on any atom is 0.273 e. The predicted molar refractivity (Wildman–Crippen MR) is 56.0 cm³/mol. The van der Waals surface area contributed by atoms with Crippen molar-refractivity contribution in [2.75, 3.05) is 0 Å². The number of hydrogen-bond acceptors (Lipinski definition) is 5. The summed E-state index contributed by atoms with van der Waals surface area (Å²) in [5.74, 6) is 0.645. The largest absolute Gasteiger partial charge is 0.368 e. The third-order valence-corrected chi connectivity index (χ3v) is 2.10. The predicted octanol–water partition coefficient (Wildman–Crippen LogP) is 1.27. The third-order valence-electron chi connectivity index (χ3n) is 2.10. The molecule has 1 atom stereocenters. The van der Waals surface area contributed by atoms with Crippen LogP contribution in [0, 0.1) is 0 Å². The number of aromatic nitrogens is 2. The van der Waals surface area contributed by atoms with Crippen LogP contribution in [0.2, 0.25) is 0 Å². The summed E-state index contributed by atoms with van der Waals surface area (Å²) in [6.45, 7) is 7.84. The van der Waals surface area contributed by atoms with E-state index in [0.717, 1.165) is 6.42 Å². The molecular weight excluding hydrogens is 194 g/mol. The molecule has 3 N–H and O–H groups in total. The second kappa shape index (κ2) is 3.90. The van der Waals surface area contributed by atoms with E-state index in [1.165, 1.54) is 0 Å². The van der Waals surface area contributed by atoms with Crippen LogP contribution in [-0.4, -0.2) is 15.2 Å². The van der Waals surface area contributed by atoms with Crippen molar-refractivity contribution in [3.8, 4) is 0 Å². The van der Waals surface area contributed by atoms with E-state index in [1.807, 2.05) is 27.7 Å². The van der Waals surface area contributed by atoms with Gasteiger partial charge in [0.05, 0.1) is 0 Å². The number of rotatable bonds is 3. The number of hydrogen-bond donors (Lipinski definition) is 2. The van der Waals surface area contributed by atoms with Gasteiger partial charge >= 0.3 is 0 Å². The molecule has 1 aromatic heterocycles. The van der Waals surface area contributed by atoms with Crippen LogP contribution in [0.1, 0.15) is 52.3 Å². The van der Waals surface area contributed by atoms with Gasteiger partial charge in [0, 0.05) is 5.41 Å². The fourth-order valence-corrected chi connectivity index (χ4v) is 1.19. The van der Waals surface area contributed by atoms with Gasteiger partial charge in [-0.05, 0) is 6.42 Å². The Morgan fingerprint density at radius 3 is 2.40 bits per heavy atom. The average Bonchev–Trinajstić information content (AvgIpc) is 2.50. The lowest BCUT2D eigenvalue weighted by Gasteiger charge is -2.17. The van der Waals surface area contributed by atoms with Crippen LogP contribution in [-0.2, 0) is 11.1 Å². The van der Waals surface area contributed by atoms with E-state index in [-0.39, 0.29) is 11.3 Å². The molecule has 0 radical (unpaired) electrons. The molecule has 0 saturated heterocycles. The van der Waals surface area contributed by atoms with Gasteiger partial charge in [0.25, 0.3) is 5.89 Å². The van der Waals surface area contributed by atoms with Gasteiger partial charge in [0.1, 0.15) is 0 Å². The van der Waals surface area contributed by atoms with Crippen LogP contribution in [0.5, 0.6) is 0 Å². The van der Waals surface area contributed by atoms with E-state index < -0.39 is 5.72 Å². The molecule has 0 bridgehead atoms. The molecule has 0 aliphatic heterocycles. The van der Waals surface area contributed by atoms with Crippen LogP contribution in [0.3, 0.4) is 0 Å². The number of nitrogens with zero attached hydrogens (tertiary/aromatic N) is 2. The Labute approximate surface area is 89.7 Å². The first-order valence-corrected chi connectivity index (χ1v) is 5.13. The highest BCUT2D eigenvalue weighted by molar-refractivity contribution is 5.03. The Balaban J connectivity index is 2.94. The SMILES string of the molecule is CCCC(N)(O)c1nc(C(C)(C)C)no1. The Morgan fingerprint density at radius 1 is 1.40 bits per heavy atom. The molecule has 1 unspecified atom stereocenters. The Hall–Kier alpha value is -0.940. The van der Waals surface area contributed by atoms with Crippen molar-refractivity contribution in [1.82, 2.24) is 10.1 Å². The molecule has 1 rings (SSSR count). The standard InChI is InChI=1S/C10H19N3O2/c1-5-6-10(11,14)8-12-7(13-15-8)9(2,3)4/h14H,5-6,11H2,1-4H3. The van der Waals surface area contributed by atoms with E-state index in [0.29, 0.717) is 12.2 Å². The van der Waals surface area contributed by atoms with E-state index in [2.05, 4.69) is 10.1 Å². The summed E-state index contributed by atoms with van der Waals surface area (Å²) in [5.41, 5.74) is 3.95. The van der Waals surface area contributed by atoms with Crippen LogP contribution in [0.25, 0.3) is 0 Å². The second-order valence-electron chi connectivity index (χ2n) is 4.85. The van der Waals surface area contributed by atoms with E-state index in [1.54, 1.807) is 0 Å². The molecule has 0 amide bonds. The van der Waals surface area contributed by atoms with Crippen molar-refractivity contribution in [1.29, 1.82) is 0 Å². The summed E-state index contributed by atoms with van der Waals surface area (Å²) in [4.78, 5) is 4.12. The molecule has 15 heavy (non-hydrogen) atoms. The molecule has 0 fully saturated rings. The molecule has 1 heterocycles. The van der Waals surface area contributed by atoms with Crippen molar-refractivity contribution in [2.24, 2.45) is 5.73 Å². The van der Waals surface area contributed by atoms with Gasteiger partial charge in [-0.1, -0.05) is 39.3 Å². The molecule has 0 aliphatic carbocycles. The van der Waals surface area contributed by atoms with Crippen LogP contribution < -0.4 is 5.73 Å². The van der Waals surface area contributed by atoms with Crippen molar-refractivity contribution in [3.63, 3.8) is 0 Å². The van der Waals surface area contributed by atoms with Gasteiger partial charge in [0.2, 0.25) is 0 Å². The molecule has 1 aromatic rings. The van der Waals surface area contributed by atoms with E-state index in [4.69, 9.17) is 10.3 Å². The highest BCUT2D eigenvalue weighted by atomic mass is 16.5. The Bertz CT molecular complexity index is 326. The monoisotopic (exact) mass is 213 g/mol. The zero-order valence-electron chi connectivity index (χ0n) is 9.74. The van der Waals surface area contributed by atoms with Gasteiger partial charge in [-0.15, -0.1) is 0 Å². The summed E-state index contributed by atoms with van der Waals surface area (Å²) >= 11 is 0. The molecule has 5 nitrogen and oxygen atoms in total. The fourth-order valence-electron chi connectivity index (χ4n) is 1.19. The lowest BCUT2D eigenvalue weighted by atomic mass is 9.96. The van der Waals surface area contributed by atoms with Crippen LogP contribution in [0.15, 0.2) is 4.52 Å². The topological polar surface area (TPSA) is 85.2 Å². The smallest absolute Gasteiger partial charge is 0.273 e. The minimum absolute atomic E-state index is 0.0919. The van der Waals surface area contributed by atoms with E-state index in [9.17, 15) is 5.11 Å². The van der Waals surface area contributed by atoms with Crippen molar-refractivity contribution >= 4 is 0 Å². The van der Waals surface area contributed by atoms with Gasteiger partial charge < -0.3 is 9.63 Å². The first-order chi connectivity index (χ1) is 6.77.